The van der Waals surface area contributed by atoms with Crippen molar-refractivity contribution >= 4 is 11.7 Å². The van der Waals surface area contributed by atoms with Crippen molar-refractivity contribution in [2.24, 2.45) is 16.6 Å². The van der Waals surface area contributed by atoms with Crippen molar-refractivity contribution in [3.8, 4) is 0 Å². The van der Waals surface area contributed by atoms with Gasteiger partial charge in [0.25, 0.3) is 6.02 Å². The maximum atomic E-state index is 14.4. The zero-order chi connectivity index (χ0) is 15.9. The fraction of sp³-hybridized carbons (Fsp3) is 0.533. The number of amidine groups is 1. The summed E-state index contributed by atoms with van der Waals surface area (Å²) < 4.78 is 39.7. The fourth-order valence-corrected chi connectivity index (χ4v) is 3.54. The van der Waals surface area contributed by atoms with Crippen LogP contribution in [0.1, 0.15) is 18.9 Å². The van der Waals surface area contributed by atoms with Gasteiger partial charge in [0, 0.05) is 17.7 Å². The normalized spacial score (nSPS) is 34.5. The highest BCUT2D eigenvalue weighted by atomic mass is 19.1. The molecule has 4 N–H and O–H groups in total. The maximum absolute atomic E-state index is 14.4. The molecule has 22 heavy (non-hydrogen) atoms. The van der Waals surface area contributed by atoms with E-state index in [0.717, 1.165) is 0 Å². The van der Waals surface area contributed by atoms with Gasteiger partial charge in [0.05, 0.1) is 18.6 Å². The molecule has 1 saturated heterocycles. The van der Waals surface area contributed by atoms with Crippen LogP contribution in [0.25, 0.3) is 0 Å². The molecule has 3 rings (SSSR count). The number of halogens is 2. The number of benzene rings is 1. The molecule has 2 aliphatic heterocycles. The second-order valence-corrected chi connectivity index (χ2v) is 5.79. The van der Waals surface area contributed by atoms with Crippen LogP contribution in [0.15, 0.2) is 23.2 Å². The highest BCUT2D eigenvalue weighted by Gasteiger charge is 2.54. The third kappa shape index (κ3) is 2.20. The van der Waals surface area contributed by atoms with Crippen molar-refractivity contribution < 1.29 is 18.3 Å². The predicted molar refractivity (Wildman–Crippen MR) is 78.5 cm³/mol. The Hall–Kier alpha value is -1.89. The van der Waals surface area contributed by atoms with E-state index in [-0.39, 0.29) is 23.8 Å². The van der Waals surface area contributed by atoms with Crippen LogP contribution in [0, 0.1) is 11.7 Å². The van der Waals surface area contributed by atoms with E-state index in [1.165, 1.54) is 18.2 Å². The number of hydrogen-bond acceptors (Lipinski definition) is 5. The topological polar surface area (TPSA) is 82.9 Å². The Kier molecular flexibility index (Phi) is 3.68. The molecule has 0 aliphatic carbocycles. The number of hydrogen-bond donors (Lipinski definition) is 2. The third-order valence-electron chi connectivity index (χ3n) is 4.48. The van der Waals surface area contributed by atoms with Crippen LogP contribution in [0.2, 0.25) is 0 Å². The van der Waals surface area contributed by atoms with Gasteiger partial charge < -0.3 is 20.9 Å². The van der Waals surface area contributed by atoms with Crippen LogP contribution in [-0.2, 0) is 15.0 Å². The Bertz CT molecular complexity index is 610. The molecule has 5 nitrogen and oxygen atoms in total. The van der Waals surface area contributed by atoms with Gasteiger partial charge in [-0.05, 0) is 25.1 Å². The molecule has 4 atom stereocenters. The average Bonchev–Trinajstić information content (AvgIpc) is 2.48. The molecular weight excluding hydrogens is 292 g/mol. The molecule has 7 heteroatoms. The predicted octanol–water partition coefficient (Wildman–Crippen LogP) is 1.71. The lowest BCUT2D eigenvalue weighted by molar-refractivity contribution is -0.121. The van der Waals surface area contributed by atoms with Gasteiger partial charge in [-0.2, -0.15) is 0 Å². The fourth-order valence-electron chi connectivity index (χ4n) is 3.54. The maximum Gasteiger partial charge on any atom is 0.283 e. The Morgan fingerprint density at radius 1 is 1.41 bits per heavy atom. The molecule has 0 aromatic heterocycles. The largest absolute Gasteiger partial charge is 0.462 e. The molecule has 0 unspecified atom stereocenters. The number of alkyl halides is 1. The minimum absolute atomic E-state index is 0.0913. The summed E-state index contributed by atoms with van der Waals surface area (Å²) in [4.78, 5) is 4.16. The van der Waals surface area contributed by atoms with E-state index >= 15 is 0 Å². The van der Waals surface area contributed by atoms with Crippen molar-refractivity contribution in [1.82, 2.24) is 0 Å². The summed E-state index contributed by atoms with van der Waals surface area (Å²) in [7, 11) is 0. The first kappa shape index (κ1) is 15.0. The van der Waals surface area contributed by atoms with Crippen molar-refractivity contribution in [3.63, 3.8) is 0 Å². The van der Waals surface area contributed by atoms with E-state index in [2.05, 4.69) is 4.99 Å². The van der Waals surface area contributed by atoms with E-state index < -0.39 is 23.9 Å². The molecule has 0 spiro atoms. The number of nitrogen functional groups attached to an aromatic ring is 1. The minimum atomic E-state index is -1.48. The van der Waals surface area contributed by atoms with Crippen molar-refractivity contribution in [1.29, 1.82) is 0 Å². The summed E-state index contributed by atoms with van der Waals surface area (Å²) in [6.45, 7) is 1.38. The SMILES string of the molecule is C[C@@H]1OCC[C@H]2OC(N)=N[C@](CF)(c3cc(N)ccc3F)[C@@H]12. The second kappa shape index (κ2) is 5.39. The van der Waals surface area contributed by atoms with E-state index in [1.807, 2.05) is 6.92 Å². The zero-order valence-electron chi connectivity index (χ0n) is 12.3. The van der Waals surface area contributed by atoms with Crippen LogP contribution in [-0.4, -0.2) is 31.5 Å². The molecule has 2 aliphatic rings. The van der Waals surface area contributed by atoms with Gasteiger partial charge in [0.15, 0.2) is 0 Å². The third-order valence-corrected chi connectivity index (χ3v) is 4.48. The smallest absolute Gasteiger partial charge is 0.283 e. The van der Waals surface area contributed by atoms with Gasteiger partial charge >= 0.3 is 0 Å². The summed E-state index contributed by atoms with van der Waals surface area (Å²) >= 11 is 0. The van der Waals surface area contributed by atoms with Crippen LogP contribution >= 0.6 is 0 Å². The molecule has 0 saturated carbocycles. The van der Waals surface area contributed by atoms with Crippen LogP contribution < -0.4 is 11.5 Å². The van der Waals surface area contributed by atoms with Crippen molar-refractivity contribution in [2.75, 3.05) is 19.0 Å². The lowest BCUT2D eigenvalue weighted by Crippen LogP contribution is -2.57. The number of aliphatic imine (C=N–C) groups is 1. The van der Waals surface area contributed by atoms with Gasteiger partial charge in [-0.1, -0.05) is 0 Å². The first-order chi connectivity index (χ1) is 10.5. The summed E-state index contributed by atoms with van der Waals surface area (Å²) in [5, 5.41) is 0. The summed E-state index contributed by atoms with van der Waals surface area (Å²) in [5.74, 6) is -1.04. The van der Waals surface area contributed by atoms with Gasteiger partial charge in [-0.25, -0.2) is 13.8 Å². The first-order valence-corrected chi connectivity index (χ1v) is 7.23. The van der Waals surface area contributed by atoms with Crippen LogP contribution in [0.4, 0.5) is 14.5 Å². The lowest BCUT2D eigenvalue weighted by Gasteiger charge is -2.48. The van der Waals surface area contributed by atoms with E-state index in [4.69, 9.17) is 20.9 Å². The average molecular weight is 311 g/mol. The summed E-state index contributed by atoms with van der Waals surface area (Å²) in [5.41, 5.74) is 10.4. The second-order valence-electron chi connectivity index (χ2n) is 5.79. The monoisotopic (exact) mass is 311 g/mol. The molecule has 1 aromatic carbocycles. The Labute approximate surface area is 127 Å². The number of anilines is 1. The molecule has 1 fully saturated rings. The van der Waals surface area contributed by atoms with E-state index in [1.54, 1.807) is 0 Å². The zero-order valence-corrected chi connectivity index (χ0v) is 12.3. The number of fused-ring (bicyclic) bond motifs is 1. The van der Waals surface area contributed by atoms with Crippen molar-refractivity contribution in [2.45, 2.75) is 31.1 Å². The van der Waals surface area contributed by atoms with Gasteiger partial charge in [-0.3, -0.25) is 0 Å². The summed E-state index contributed by atoms with van der Waals surface area (Å²) in [6, 6.07) is 3.92. The Morgan fingerprint density at radius 3 is 2.91 bits per heavy atom. The number of ether oxygens (including phenoxy) is 2. The Morgan fingerprint density at radius 2 is 2.18 bits per heavy atom. The molecule has 0 radical (unpaired) electrons. The quantitative estimate of drug-likeness (QED) is 0.815. The molecule has 0 bridgehead atoms. The van der Waals surface area contributed by atoms with Crippen LogP contribution in [0.5, 0.6) is 0 Å². The lowest BCUT2D eigenvalue weighted by atomic mass is 9.71. The number of nitrogens with two attached hydrogens (primary N) is 2. The van der Waals surface area contributed by atoms with Crippen LogP contribution in [0.3, 0.4) is 0 Å². The first-order valence-electron chi connectivity index (χ1n) is 7.23. The van der Waals surface area contributed by atoms with Crippen molar-refractivity contribution in [3.05, 3.63) is 29.6 Å². The minimum Gasteiger partial charge on any atom is -0.462 e. The highest BCUT2D eigenvalue weighted by molar-refractivity contribution is 5.73. The molecule has 2 heterocycles. The van der Waals surface area contributed by atoms with E-state index in [0.29, 0.717) is 18.7 Å². The van der Waals surface area contributed by atoms with Gasteiger partial charge in [0.1, 0.15) is 24.1 Å². The molecular formula is C15H19F2N3O2. The molecule has 1 aromatic rings. The number of nitrogens with zero attached hydrogens (tertiary/aromatic N) is 1. The van der Waals surface area contributed by atoms with E-state index in [9.17, 15) is 8.78 Å². The standard InChI is InChI=1S/C15H19F2N3O2/c1-8-13-12(4-5-21-8)22-14(19)20-15(13,7-16)10-6-9(18)2-3-11(10)17/h2-3,6,8,12-13H,4-5,7,18H2,1H3,(H2,19,20)/t8-,12+,13-,15+/m0/s1. The number of rotatable bonds is 2. The Balaban J connectivity index is 2.20. The molecule has 120 valence electrons. The molecule has 0 amide bonds. The highest BCUT2D eigenvalue weighted by Crippen LogP contribution is 2.46. The summed E-state index contributed by atoms with van der Waals surface area (Å²) in [6.07, 6.45) is -0.151. The van der Waals surface area contributed by atoms with Gasteiger partial charge in [0.2, 0.25) is 0 Å². The van der Waals surface area contributed by atoms with Gasteiger partial charge in [-0.15, -0.1) is 0 Å².